The second-order valence-electron chi connectivity index (χ2n) is 5.80. The highest BCUT2D eigenvalue weighted by Crippen LogP contribution is 2.26. The largest absolute Gasteiger partial charge is 0.396 e. The molecule has 3 aromatic heterocycles. The van der Waals surface area contributed by atoms with E-state index in [1.807, 2.05) is 13.8 Å². The minimum atomic E-state index is 0.586. The van der Waals surface area contributed by atoms with Crippen LogP contribution in [-0.4, -0.2) is 42.4 Å². The van der Waals surface area contributed by atoms with E-state index in [1.165, 1.54) is 0 Å². The van der Waals surface area contributed by atoms with Gasteiger partial charge in [0.05, 0.1) is 5.52 Å². The summed E-state index contributed by atoms with van der Waals surface area (Å²) >= 11 is 0. The first-order valence-corrected chi connectivity index (χ1v) is 8.35. The highest BCUT2D eigenvalue weighted by molar-refractivity contribution is 5.91. The molecule has 0 unspecified atom stereocenters. The maximum Gasteiger partial charge on any atom is 0.207 e. The highest BCUT2D eigenvalue weighted by atomic mass is 16.6. The van der Waals surface area contributed by atoms with Crippen LogP contribution in [0.25, 0.3) is 16.7 Å². The SMILES string of the molecule is CC=NOCCCn1c(CCC)nc2c1c(C)c(C)n1nnnc21. The van der Waals surface area contributed by atoms with Crippen molar-refractivity contribution in [2.45, 2.75) is 53.5 Å². The molecule has 0 saturated carbocycles. The first-order valence-electron chi connectivity index (χ1n) is 8.35. The zero-order valence-corrected chi connectivity index (χ0v) is 14.7. The van der Waals surface area contributed by atoms with Crippen LogP contribution in [0.1, 0.15) is 43.8 Å². The van der Waals surface area contributed by atoms with Gasteiger partial charge in [0, 0.05) is 31.3 Å². The summed E-state index contributed by atoms with van der Waals surface area (Å²) in [6.45, 7) is 9.56. The van der Waals surface area contributed by atoms with Crippen LogP contribution in [0, 0.1) is 13.8 Å². The standard InChI is InChI=1S/C16H23N7O/c1-5-8-13-18-14-15(22(13)9-7-10-24-17-6-2)11(3)12(4)23-16(14)19-20-21-23/h6H,5,7-10H2,1-4H3. The van der Waals surface area contributed by atoms with Gasteiger partial charge < -0.3 is 9.40 Å². The van der Waals surface area contributed by atoms with E-state index >= 15 is 0 Å². The Morgan fingerprint density at radius 3 is 2.88 bits per heavy atom. The van der Waals surface area contributed by atoms with E-state index in [2.05, 4.69) is 39.1 Å². The van der Waals surface area contributed by atoms with E-state index in [0.717, 1.165) is 59.6 Å². The molecule has 0 aliphatic heterocycles. The van der Waals surface area contributed by atoms with Crippen LogP contribution >= 0.6 is 0 Å². The quantitative estimate of drug-likeness (QED) is 0.378. The van der Waals surface area contributed by atoms with E-state index < -0.39 is 0 Å². The molecule has 24 heavy (non-hydrogen) atoms. The van der Waals surface area contributed by atoms with Crippen LogP contribution < -0.4 is 0 Å². The number of rotatable bonds is 7. The summed E-state index contributed by atoms with van der Waals surface area (Å²) in [5.74, 6) is 1.07. The zero-order chi connectivity index (χ0) is 17.1. The lowest BCUT2D eigenvalue weighted by molar-refractivity contribution is 0.139. The molecule has 0 spiro atoms. The van der Waals surface area contributed by atoms with Crippen LogP contribution in [0.15, 0.2) is 5.16 Å². The van der Waals surface area contributed by atoms with Gasteiger partial charge in [0.2, 0.25) is 5.65 Å². The van der Waals surface area contributed by atoms with Crippen molar-refractivity contribution in [3.63, 3.8) is 0 Å². The fourth-order valence-electron chi connectivity index (χ4n) is 3.00. The molecule has 0 aromatic carbocycles. The maximum atomic E-state index is 5.20. The molecule has 0 fully saturated rings. The number of nitrogens with zero attached hydrogens (tertiary/aromatic N) is 7. The van der Waals surface area contributed by atoms with E-state index in [9.17, 15) is 0 Å². The van der Waals surface area contributed by atoms with E-state index in [0.29, 0.717) is 6.61 Å². The van der Waals surface area contributed by atoms with E-state index in [4.69, 9.17) is 9.82 Å². The molecule has 8 heteroatoms. The lowest BCUT2D eigenvalue weighted by Crippen LogP contribution is -2.08. The van der Waals surface area contributed by atoms with Gasteiger partial charge in [-0.15, -0.1) is 5.10 Å². The smallest absolute Gasteiger partial charge is 0.207 e. The number of tetrazole rings is 1. The first kappa shape index (κ1) is 16.4. The van der Waals surface area contributed by atoms with Gasteiger partial charge in [-0.05, 0) is 43.2 Å². The molecule has 0 radical (unpaired) electrons. The van der Waals surface area contributed by atoms with Gasteiger partial charge in [0.25, 0.3) is 0 Å². The molecule has 3 heterocycles. The molecule has 0 aliphatic carbocycles. The Hall–Kier alpha value is -2.51. The summed E-state index contributed by atoms with van der Waals surface area (Å²) in [5.41, 5.74) is 4.91. The van der Waals surface area contributed by atoms with Gasteiger partial charge in [-0.1, -0.05) is 12.1 Å². The van der Waals surface area contributed by atoms with E-state index in [-0.39, 0.29) is 0 Å². The molecule has 128 valence electrons. The van der Waals surface area contributed by atoms with Gasteiger partial charge in [-0.25, -0.2) is 4.98 Å². The molecule has 0 N–H and O–H groups in total. The molecular weight excluding hydrogens is 306 g/mol. The number of imidazole rings is 1. The van der Waals surface area contributed by atoms with Crippen molar-refractivity contribution in [3.05, 3.63) is 17.1 Å². The predicted molar refractivity (Wildman–Crippen MR) is 92.3 cm³/mol. The summed E-state index contributed by atoms with van der Waals surface area (Å²) in [7, 11) is 0. The van der Waals surface area contributed by atoms with Crippen LogP contribution in [0.2, 0.25) is 0 Å². The van der Waals surface area contributed by atoms with Crippen LogP contribution in [0.3, 0.4) is 0 Å². The average molecular weight is 329 g/mol. The van der Waals surface area contributed by atoms with Crippen molar-refractivity contribution in [3.8, 4) is 0 Å². The molecule has 0 bridgehead atoms. The predicted octanol–water partition coefficient (Wildman–Crippen LogP) is 2.46. The van der Waals surface area contributed by atoms with Crippen molar-refractivity contribution < 1.29 is 4.84 Å². The second kappa shape index (κ2) is 6.94. The Morgan fingerprint density at radius 2 is 2.12 bits per heavy atom. The Morgan fingerprint density at radius 1 is 1.29 bits per heavy atom. The fourth-order valence-corrected chi connectivity index (χ4v) is 3.00. The van der Waals surface area contributed by atoms with Crippen LogP contribution in [-0.2, 0) is 17.8 Å². The molecule has 0 amide bonds. The zero-order valence-electron chi connectivity index (χ0n) is 14.7. The Labute approximate surface area is 140 Å². The minimum absolute atomic E-state index is 0.586. The summed E-state index contributed by atoms with van der Waals surface area (Å²) < 4.78 is 4.05. The van der Waals surface area contributed by atoms with Crippen LogP contribution in [0.5, 0.6) is 0 Å². The fraction of sp³-hybridized carbons (Fsp3) is 0.562. The third kappa shape index (κ3) is 2.72. The molecule has 0 aliphatic rings. The average Bonchev–Trinajstić information content (AvgIpc) is 3.18. The topological polar surface area (TPSA) is 82.5 Å². The van der Waals surface area contributed by atoms with Gasteiger partial charge in [0.1, 0.15) is 17.9 Å². The van der Waals surface area contributed by atoms with Crippen molar-refractivity contribution in [1.82, 2.24) is 29.6 Å². The number of fused-ring (bicyclic) bond motifs is 3. The second-order valence-corrected chi connectivity index (χ2v) is 5.80. The van der Waals surface area contributed by atoms with Crippen molar-refractivity contribution >= 4 is 22.9 Å². The normalized spacial score (nSPS) is 12.0. The van der Waals surface area contributed by atoms with E-state index in [1.54, 1.807) is 10.7 Å². The Balaban J connectivity index is 2.07. The molecule has 3 rings (SSSR count). The third-order valence-corrected chi connectivity index (χ3v) is 4.21. The maximum absolute atomic E-state index is 5.20. The van der Waals surface area contributed by atoms with Gasteiger partial charge in [0.15, 0.2) is 0 Å². The van der Waals surface area contributed by atoms with Gasteiger partial charge in [-0.3, -0.25) is 0 Å². The number of hydrogen-bond acceptors (Lipinski definition) is 6. The van der Waals surface area contributed by atoms with Gasteiger partial charge >= 0.3 is 0 Å². The molecule has 3 aromatic rings. The molecule has 8 nitrogen and oxygen atoms in total. The van der Waals surface area contributed by atoms with Crippen molar-refractivity contribution in [2.24, 2.45) is 5.16 Å². The number of aromatic nitrogens is 6. The molecular formula is C16H23N7O. The Bertz CT molecular complexity index is 878. The molecule has 0 atom stereocenters. The summed E-state index contributed by atoms with van der Waals surface area (Å²) in [6, 6.07) is 0. The van der Waals surface area contributed by atoms with Crippen LogP contribution in [0.4, 0.5) is 0 Å². The molecule has 0 saturated heterocycles. The number of aryl methyl sites for hydroxylation is 4. The minimum Gasteiger partial charge on any atom is -0.396 e. The summed E-state index contributed by atoms with van der Waals surface area (Å²) in [5, 5.41) is 15.9. The van der Waals surface area contributed by atoms with Crippen molar-refractivity contribution in [1.29, 1.82) is 0 Å². The highest BCUT2D eigenvalue weighted by Gasteiger charge is 2.19. The Kier molecular flexibility index (Phi) is 4.73. The van der Waals surface area contributed by atoms with Gasteiger partial charge in [-0.2, -0.15) is 4.52 Å². The first-order chi connectivity index (χ1) is 11.7. The third-order valence-electron chi connectivity index (χ3n) is 4.21. The monoisotopic (exact) mass is 329 g/mol. The summed E-state index contributed by atoms with van der Waals surface area (Å²) in [4.78, 5) is 10.1. The lowest BCUT2D eigenvalue weighted by Gasteiger charge is -2.11. The summed E-state index contributed by atoms with van der Waals surface area (Å²) in [6.07, 6.45) is 4.49. The number of hydrogen-bond donors (Lipinski definition) is 0. The number of oxime groups is 1. The van der Waals surface area contributed by atoms with Crippen molar-refractivity contribution in [2.75, 3.05) is 6.61 Å². The lowest BCUT2D eigenvalue weighted by atomic mass is 10.2. The number of pyridine rings is 1.